The summed E-state index contributed by atoms with van der Waals surface area (Å²) in [5, 5.41) is 0. The summed E-state index contributed by atoms with van der Waals surface area (Å²) in [7, 11) is 1.94. The van der Waals surface area contributed by atoms with Crippen molar-refractivity contribution in [3.63, 3.8) is 0 Å². The van der Waals surface area contributed by atoms with Crippen molar-refractivity contribution in [2.24, 2.45) is 12.8 Å². The topological polar surface area (TPSA) is 43.8 Å². The Hall–Kier alpha value is -1.13. The molecule has 2 aromatic rings. The molecule has 1 aromatic carbocycles. The van der Waals surface area contributed by atoms with E-state index in [1.165, 1.54) is 0 Å². The first kappa shape index (κ1) is 10.4. The minimum Gasteiger partial charge on any atom is -0.336 e. The molecule has 0 spiro atoms. The lowest BCUT2D eigenvalue weighted by Crippen LogP contribution is -2.16. The number of hydrogen-bond acceptors (Lipinski definition) is 2. The Kier molecular flexibility index (Phi) is 2.88. The highest BCUT2D eigenvalue weighted by Gasteiger charge is 2.12. The maximum Gasteiger partial charge on any atom is 0.129 e. The number of hydrogen-bond donors (Lipinski definition) is 1. The van der Waals surface area contributed by atoms with Crippen molar-refractivity contribution in [1.82, 2.24) is 9.55 Å². The normalized spacial score (nSPS) is 12.7. The lowest BCUT2D eigenvalue weighted by atomic mass is 10.1. The number of rotatable bonds is 2. The second kappa shape index (κ2) is 4.16. The molecule has 4 heteroatoms. The second-order valence-corrected chi connectivity index (χ2v) is 4.34. The predicted octanol–water partition coefficient (Wildman–Crippen LogP) is 2.23. The summed E-state index contributed by atoms with van der Waals surface area (Å²) in [6.45, 7) is 0. The van der Waals surface area contributed by atoms with Crippen LogP contribution in [0.1, 0.15) is 17.4 Å². The van der Waals surface area contributed by atoms with Crippen molar-refractivity contribution < 1.29 is 0 Å². The van der Waals surface area contributed by atoms with Crippen LogP contribution in [-0.2, 0) is 7.05 Å². The van der Waals surface area contributed by atoms with Crippen LogP contribution in [0.5, 0.6) is 0 Å². The first-order valence-corrected chi connectivity index (χ1v) is 5.46. The van der Waals surface area contributed by atoms with Gasteiger partial charge in [0, 0.05) is 23.9 Å². The maximum atomic E-state index is 6.13. The molecule has 3 nitrogen and oxygen atoms in total. The molecule has 1 unspecified atom stereocenters. The van der Waals surface area contributed by atoms with E-state index in [1.54, 1.807) is 6.20 Å². The van der Waals surface area contributed by atoms with Crippen molar-refractivity contribution in [3.8, 4) is 0 Å². The molecule has 0 fully saturated rings. The number of aryl methyl sites for hydroxylation is 1. The molecule has 0 radical (unpaired) electrons. The molecule has 1 heterocycles. The number of benzene rings is 1. The van der Waals surface area contributed by atoms with Crippen molar-refractivity contribution in [2.45, 2.75) is 6.04 Å². The molecule has 78 valence electrons. The van der Waals surface area contributed by atoms with E-state index in [4.69, 9.17) is 5.73 Å². The Bertz CT molecular complexity index is 464. The third kappa shape index (κ3) is 2.11. The van der Waals surface area contributed by atoms with E-state index < -0.39 is 0 Å². The van der Waals surface area contributed by atoms with Crippen LogP contribution in [0.3, 0.4) is 0 Å². The standard InChI is InChI=1S/C11H12BrN3/c1-15-6-5-14-11(15)10(13)8-3-2-4-9(12)7-8/h2-7,10H,13H2,1H3. The van der Waals surface area contributed by atoms with Gasteiger partial charge in [-0.1, -0.05) is 28.1 Å². The predicted molar refractivity (Wildman–Crippen MR) is 63.4 cm³/mol. The van der Waals surface area contributed by atoms with Gasteiger partial charge in [0.1, 0.15) is 5.82 Å². The molecule has 2 rings (SSSR count). The minimum absolute atomic E-state index is 0.178. The Balaban J connectivity index is 2.36. The quantitative estimate of drug-likeness (QED) is 0.905. The zero-order valence-corrected chi connectivity index (χ0v) is 9.98. The van der Waals surface area contributed by atoms with Crippen LogP contribution in [0.25, 0.3) is 0 Å². The molecule has 2 N–H and O–H groups in total. The average Bonchev–Trinajstić information content (AvgIpc) is 2.63. The van der Waals surface area contributed by atoms with Crippen LogP contribution in [0, 0.1) is 0 Å². The van der Waals surface area contributed by atoms with Crippen LogP contribution in [0.15, 0.2) is 41.1 Å². The van der Waals surface area contributed by atoms with Crippen LogP contribution < -0.4 is 5.73 Å². The van der Waals surface area contributed by atoms with Gasteiger partial charge >= 0.3 is 0 Å². The molecule has 0 aliphatic carbocycles. The molecule has 1 aromatic heterocycles. The van der Waals surface area contributed by atoms with Gasteiger partial charge in [-0.3, -0.25) is 0 Å². The number of aromatic nitrogens is 2. The molecular weight excluding hydrogens is 254 g/mol. The highest BCUT2D eigenvalue weighted by molar-refractivity contribution is 9.10. The third-order valence-electron chi connectivity index (χ3n) is 2.34. The van der Waals surface area contributed by atoms with Gasteiger partial charge in [-0.15, -0.1) is 0 Å². The minimum atomic E-state index is -0.178. The largest absolute Gasteiger partial charge is 0.336 e. The molecule has 0 bridgehead atoms. The SMILES string of the molecule is Cn1ccnc1C(N)c1cccc(Br)c1. The fourth-order valence-electron chi connectivity index (χ4n) is 1.53. The van der Waals surface area contributed by atoms with E-state index in [9.17, 15) is 0 Å². The Morgan fingerprint density at radius 3 is 2.87 bits per heavy atom. The third-order valence-corrected chi connectivity index (χ3v) is 2.84. The molecule has 0 saturated carbocycles. The average molecular weight is 266 g/mol. The van der Waals surface area contributed by atoms with E-state index in [0.29, 0.717) is 0 Å². The summed E-state index contributed by atoms with van der Waals surface area (Å²) in [4.78, 5) is 4.24. The van der Waals surface area contributed by atoms with Gasteiger partial charge < -0.3 is 10.3 Å². The first-order chi connectivity index (χ1) is 7.18. The molecule has 0 aliphatic rings. The fourth-order valence-corrected chi connectivity index (χ4v) is 1.94. The van der Waals surface area contributed by atoms with Crippen LogP contribution in [0.2, 0.25) is 0 Å². The lowest BCUT2D eigenvalue weighted by molar-refractivity contribution is 0.716. The summed E-state index contributed by atoms with van der Waals surface area (Å²) in [6.07, 6.45) is 3.65. The highest BCUT2D eigenvalue weighted by atomic mass is 79.9. The summed E-state index contributed by atoms with van der Waals surface area (Å²) in [6, 6.07) is 7.79. The molecule has 0 aliphatic heterocycles. The Labute approximate surface area is 97.1 Å². The first-order valence-electron chi connectivity index (χ1n) is 4.67. The molecule has 0 amide bonds. The number of halogens is 1. The zero-order valence-electron chi connectivity index (χ0n) is 8.39. The monoisotopic (exact) mass is 265 g/mol. The maximum absolute atomic E-state index is 6.13. The fraction of sp³-hybridized carbons (Fsp3) is 0.182. The number of nitrogens with two attached hydrogens (primary N) is 1. The smallest absolute Gasteiger partial charge is 0.129 e. The van der Waals surface area contributed by atoms with Gasteiger partial charge in [-0.05, 0) is 17.7 Å². The Morgan fingerprint density at radius 2 is 2.27 bits per heavy atom. The van der Waals surface area contributed by atoms with Crippen LogP contribution in [0.4, 0.5) is 0 Å². The molecule has 1 atom stereocenters. The van der Waals surface area contributed by atoms with Gasteiger partial charge in [0.05, 0.1) is 6.04 Å². The second-order valence-electron chi connectivity index (χ2n) is 3.43. The number of imidazole rings is 1. The van der Waals surface area contributed by atoms with Crippen LogP contribution in [-0.4, -0.2) is 9.55 Å². The van der Waals surface area contributed by atoms with Crippen molar-refractivity contribution in [1.29, 1.82) is 0 Å². The summed E-state index contributed by atoms with van der Waals surface area (Å²) in [5.41, 5.74) is 7.18. The highest BCUT2D eigenvalue weighted by Crippen LogP contribution is 2.20. The van der Waals surface area contributed by atoms with Crippen molar-refractivity contribution in [3.05, 3.63) is 52.5 Å². The molecular formula is C11H12BrN3. The van der Waals surface area contributed by atoms with Crippen LogP contribution >= 0.6 is 15.9 Å². The van der Waals surface area contributed by atoms with Gasteiger partial charge in [-0.25, -0.2) is 4.98 Å². The summed E-state index contributed by atoms with van der Waals surface area (Å²) >= 11 is 3.43. The van der Waals surface area contributed by atoms with E-state index in [0.717, 1.165) is 15.9 Å². The molecule has 0 saturated heterocycles. The van der Waals surface area contributed by atoms with E-state index >= 15 is 0 Å². The van der Waals surface area contributed by atoms with Crippen molar-refractivity contribution >= 4 is 15.9 Å². The van der Waals surface area contributed by atoms with E-state index in [-0.39, 0.29) is 6.04 Å². The Morgan fingerprint density at radius 1 is 1.47 bits per heavy atom. The van der Waals surface area contributed by atoms with E-state index in [2.05, 4.69) is 20.9 Å². The van der Waals surface area contributed by atoms with Gasteiger partial charge in [0.15, 0.2) is 0 Å². The zero-order chi connectivity index (χ0) is 10.8. The van der Waals surface area contributed by atoms with Crippen molar-refractivity contribution in [2.75, 3.05) is 0 Å². The molecule has 15 heavy (non-hydrogen) atoms. The summed E-state index contributed by atoms with van der Waals surface area (Å²) < 4.78 is 2.97. The van der Waals surface area contributed by atoms with E-state index in [1.807, 2.05) is 42.1 Å². The lowest BCUT2D eigenvalue weighted by Gasteiger charge is -2.12. The van der Waals surface area contributed by atoms with Gasteiger partial charge in [0.25, 0.3) is 0 Å². The van der Waals surface area contributed by atoms with Gasteiger partial charge in [-0.2, -0.15) is 0 Å². The van der Waals surface area contributed by atoms with Gasteiger partial charge in [0.2, 0.25) is 0 Å². The number of nitrogens with zero attached hydrogens (tertiary/aromatic N) is 2. The summed E-state index contributed by atoms with van der Waals surface area (Å²) in [5.74, 6) is 0.869.